The standard InChI is InChI=1S/C15H25N/c1-5-16-15-11-9-7-6-8-10-14(15)13(4)12(2)3/h5,12H,1,6-11H2,2-4H3/b14-13+,16-15-. The van der Waals surface area contributed by atoms with Crippen molar-refractivity contribution >= 4 is 5.71 Å². The Balaban J connectivity index is 3.00. The molecule has 1 aliphatic rings. The van der Waals surface area contributed by atoms with E-state index in [1.54, 1.807) is 6.20 Å². The highest BCUT2D eigenvalue weighted by Gasteiger charge is 2.14. The minimum atomic E-state index is 0.629. The molecule has 0 aromatic carbocycles. The molecule has 1 saturated carbocycles. The van der Waals surface area contributed by atoms with Gasteiger partial charge in [0.05, 0.1) is 0 Å². The van der Waals surface area contributed by atoms with Gasteiger partial charge in [-0.3, -0.25) is 4.99 Å². The summed E-state index contributed by atoms with van der Waals surface area (Å²) in [5.41, 5.74) is 4.32. The maximum absolute atomic E-state index is 4.49. The van der Waals surface area contributed by atoms with Crippen LogP contribution in [0.5, 0.6) is 0 Å². The van der Waals surface area contributed by atoms with Crippen LogP contribution in [0.1, 0.15) is 59.3 Å². The van der Waals surface area contributed by atoms with Crippen LogP contribution in [-0.4, -0.2) is 5.71 Å². The van der Waals surface area contributed by atoms with E-state index < -0.39 is 0 Å². The van der Waals surface area contributed by atoms with Crippen molar-refractivity contribution in [3.8, 4) is 0 Å². The van der Waals surface area contributed by atoms with E-state index in [0.29, 0.717) is 5.92 Å². The maximum atomic E-state index is 4.49. The third kappa shape index (κ3) is 3.62. The molecule has 0 aliphatic heterocycles. The van der Waals surface area contributed by atoms with Crippen molar-refractivity contribution in [3.05, 3.63) is 23.9 Å². The van der Waals surface area contributed by atoms with Crippen molar-refractivity contribution < 1.29 is 0 Å². The van der Waals surface area contributed by atoms with E-state index >= 15 is 0 Å². The zero-order chi connectivity index (χ0) is 12.0. The Morgan fingerprint density at radius 3 is 2.38 bits per heavy atom. The highest BCUT2D eigenvalue weighted by Crippen LogP contribution is 2.26. The van der Waals surface area contributed by atoms with Crippen LogP contribution in [0.2, 0.25) is 0 Å². The van der Waals surface area contributed by atoms with Crippen molar-refractivity contribution in [1.29, 1.82) is 0 Å². The summed E-state index contributed by atoms with van der Waals surface area (Å²) in [6.45, 7) is 10.5. The Labute approximate surface area is 100 Å². The molecule has 0 heterocycles. The summed E-state index contributed by atoms with van der Waals surface area (Å²) in [6, 6.07) is 0. The molecule has 0 amide bonds. The third-order valence-electron chi connectivity index (χ3n) is 3.53. The van der Waals surface area contributed by atoms with Gasteiger partial charge in [-0.25, -0.2) is 0 Å². The summed E-state index contributed by atoms with van der Waals surface area (Å²) < 4.78 is 0. The highest BCUT2D eigenvalue weighted by molar-refractivity contribution is 6.01. The van der Waals surface area contributed by atoms with E-state index in [2.05, 4.69) is 32.3 Å². The lowest BCUT2D eigenvalue weighted by atomic mass is 9.87. The summed E-state index contributed by atoms with van der Waals surface area (Å²) in [7, 11) is 0. The quantitative estimate of drug-likeness (QED) is 0.626. The lowest BCUT2D eigenvalue weighted by Gasteiger charge is -2.19. The number of nitrogens with zero attached hydrogens (tertiary/aromatic N) is 1. The first-order valence-corrected chi connectivity index (χ1v) is 6.54. The molecule has 0 saturated heterocycles. The molecular weight excluding hydrogens is 194 g/mol. The fraction of sp³-hybridized carbons (Fsp3) is 0.667. The average Bonchev–Trinajstić information content (AvgIpc) is 2.21. The van der Waals surface area contributed by atoms with Gasteiger partial charge in [0.25, 0.3) is 0 Å². The predicted octanol–water partition coefficient (Wildman–Crippen LogP) is 4.90. The number of aliphatic imine (C=N–C) groups is 1. The second kappa shape index (κ2) is 6.67. The topological polar surface area (TPSA) is 12.4 Å². The Morgan fingerprint density at radius 1 is 1.19 bits per heavy atom. The first-order chi connectivity index (χ1) is 7.66. The minimum absolute atomic E-state index is 0.629. The molecule has 90 valence electrons. The SMILES string of the molecule is C=C/N=C1/CCCCCC/C1=C(/C)C(C)C. The lowest BCUT2D eigenvalue weighted by molar-refractivity contribution is 0.631. The lowest BCUT2D eigenvalue weighted by Crippen LogP contribution is -2.10. The van der Waals surface area contributed by atoms with Crippen LogP contribution >= 0.6 is 0 Å². The highest BCUT2D eigenvalue weighted by atomic mass is 14.7. The van der Waals surface area contributed by atoms with Crippen molar-refractivity contribution in [2.75, 3.05) is 0 Å². The number of rotatable bonds is 2. The molecule has 0 spiro atoms. The average molecular weight is 219 g/mol. The van der Waals surface area contributed by atoms with Gasteiger partial charge >= 0.3 is 0 Å². The van der Waals surface area contributed by atoms with Gasteiger partial charge in [0.1, 0.15) is 0 Å². The summed E-state index contributed by atoms with van der Waals surface area (Å²) in [5, 5.41) is 0. The first-order valence-electron chi connectivity index (χ1n) is 6.54. The van der Waals surface area contributed by atoms with E-state index in [4.69, 9.17) is 0 Å². The van der Waals surface area contributed by atoms with Crippen LogP contribution < -0.4 is 0 Å². The van der Waals surface area contributed by atoms with Crippen molar-refractivity contribution in [2.45, 2.75) is 59.3 Å². The molecule has 0 aromatic heterocycles. The van der Waals surface area contributed by atoms with Gasteiger partial charge in [0, 0.05) is 11.9 Å². The molecule has 0 atom stereocenters. The van der Waals surface area contributed by atoms with E-state index in [1.807, 2.05) is 0 Å². The molecule has 1 nitrogen and oxygen atoms in total. The number of allylic oxidation sites excluding steroid dienone is 2. The van der Waals surface area contributed by atoms with Crippen LogP contribution in [-0.2, 0) is 0 Å². The fourth-order valence-corrected chi connectivity index (χ4v) is 2.27. The van der Waals surface area contributed by atoms with Crippen molar-refractivity contribution in [3.63, 3.8) is 0 Å². The fourth-order valence-electron chi connectivity index (χ4n) is 2.27. The van der Waals surface area contributed by atoms with Gasteiger partial charge in [-0.05, 0) is 44.1 Å². The van der Waals surface area contributed by atoms with Crippen LogP contribution in [0.25, 0.3) is 0 Å². The smallest absolute Gasteiger partial charge is 0.0434 e. The first kappa shape index (κ1) is 13.2. The van der Waals surface area contributed by atoms with Crippen LogP contribution in [0.15, 0.2) is 28.9 Å². The van der Waals surface area contributed by atoms with Gasteiger partial charge < -0.3 is 0 Å². The maximum Gasteiger partial charge on any atom is 0.0434 e. The van der Waals surface area contributed by atoms with E-state index in [0.717, 1.165) is 6.42 Å². The van der Waals surface area contributed by atoms with E-state index in [1.165, 1.54) is 49.0 Å². The minimum Gasteiger partial charge on any atom is -0.262 e. The molecule has 16 heavy (non-hydrogen) atoms. The summed E-state index contributed by atoms with van der Waals surface area (Å²) in [5.74, 6) is 0.629. The van der Waals surface area contributed by atoms with Gasteiger partial charge in [0.15, 0.2) is 0 Å². The second-order valence-electron chi connectivity index (χ2n) is 4.99. The van der Waals surface area contributed by atoms with Crippen LogP contribution in [0.4, 0.5) is 0 Å². The van der Waals surface area contributed by atoms with E-state index in [-0.39, 0.29) is 0 Å². The Kier molecular flexibility index (Phi) is 5.51. The van der Waals surface area contributed by atoms with E-state index in [9.17, 15) is 0 Å². The summed E-state index contributed by atoms with van der Waals surface area (Å²) in [6.07, 6.45) is 9.35. The third-order valence-corrected chi connectivity index (χ3v) is 3.53. The molecule has 0 N–H and O–H groups in total. The van der Waals surface area contributed by atoms with Crippen molar-refractivity contribution in [2.24, 2.45) is 10.9 Å². The van der Waals surface area contributed by atoms with Crippen LogP contribution in [0, 0.1) is 5.92 Å². The molecule has 1 rings (SSSR count). The van der Waals surface area contributed by atoms with Gasteiger partial charge in [0.2, 0.25) is 0 Å². The normalized spacial score (nSPS) is 24.1. The molecule has 0 unspecified atom stereocenters. The summed E-state index contributed by atoms with van der Waals surface area (Å²) >= 11 is 0. The molecule has 0 radical (unpaired) electrons. The zero-order valence-corrected chi connectivity index (χ0v) is 11.1. The molecule has 0 aromatic rings. The summed E-state index contributed by atoms with van der Waals surface area (Å²) in [4.78, 5) is 4.49. The Hall–Kier alpha value is -0.850. The molecule has 0 bridgehead atoms. The van der Waals surface area contributed by atoms with Gasteiger partial charge in [-0.1, -0.05) is 38.8 Å². The molecule has 1 heteroatoms. The molecule has 1 aliphatic carbocycles. The Bertz CT molecular complexity index is 295. The Morgan fingerprint density at radius 2 is 1.81 bits per heavy atom. The largest absolute Gasteiger partial charge is 0.262 e. The number of hydrogen-bond acceptors (Lipinski definition) is 1. The van der Waals surface area contributed by atoms with Crippen molar-refractivity contribution in [1.82, 2.24) is 0 Å². The van der Waals surface area contributed by atoms with Gasteiger partial charge in [-0.15, -0.1) is 0 Å². The second-order valence-corrected chi connectivity index (χ2v) is 4.99. The number of hydrogen-bond donors (Lipinski definition) is 0. The monoisotopic (exact) mass is 219 g/mol. The van der Waals surface area contributed by atoms with Crippen LogP contribution in [0.3, 0.4) is 0 Å². The zero-order valence-electron chi connectivity index (χ0n) is 11.1. The molecular formula is C15H25N. The predicted molar refractivity (Wildman–Crippen MR) is 72.9 cm³/mol. The molecule has 1 fully saturated rings. The van der Waals surface area contributed by atoms with Gasteiger partial charge in [-0.2, -0.15) is 0 Å².